The first-order chi connectivity index (χ1) is 10.7. The van der Waals surface area contributed by atoms with Crippen LogP contribution in [0.25, 0.3) is 0 Å². The summed E-state index contributed by atoms with van der Waals surface area (Å²) in [5.74, 6) is -1.14. The summed E-state index contributed by atoms with van der Waals surface area (Å²) in [7, 11) is 0. The predicted molar refractivity (Wildman–Crippen MR) is 83.2 cm³/mol. The Kier molecular flexibility index (Phi) is 5.23. The predicted octanol–water partition coefficient (Wildman–Crippen LogP) is 3.10. The summed E-state index contributed by atoms with van der Waals surface area (Å²) >= 11 is 1.27. The molecule has 1 aliphatic rings. The average Bonchev–Trinajstić information content (AvgIpc) is 2.89. The van der Waals surface area contributed by atoms with E-state index in [1.165, 1.54) is 11.8 Å². The molecule has 4 nitrogen and oxygen atoms in total. The maximum Gasteiger partial charge on any atom is 0.397 e. The fraction of sp³-hybridized carbons (Fsp3) is 0.467. The summed E-state index contributed by atoms with van der Waals surface area (Å²) in [4.78, 5) is 25.1. The quantitative estimate of drug-likeness (QED) is 0.915. The lowest BCUT2D eigenvalue weighted by Crippen LogP contribution is -2.45. The van der Waals surface area contributed by atoms with E-state index in [4.69, 9.17) is 0 Å². The zero-order valence-corrected chi connectivity index (χ0v) is 13.6. The van der Waals surface area contributed by atoms with Crippen molar-refractivity contribution in [2.45, 2.75) is 32.5 Å². The summed E-state index contributed by atoms with van der Waals surface area (Å²) in [6.07, 6.45) is -6.11. The molecule has 1 heterocycles. The lowest BCUT2D eigenvalue weighted by molar-refractivity contribution is -0.162. The van der Waals surface area contributed by atoms with Gasteiger partial charge in [0.2, 0.25) is 11.8 Å². The summed E-state index contributed by atoms with van der Waals surface area (Å²) in [6.45, 7) is 3.75. The summed E-state index contributed by atoms with van der Waals surface area (Å²) in [5.41, 5.74) is 2.50. The molecule has 0 spiro atoms. The van der Waals surface area contributed by atoms with Gasteiger partial charge in [0.15, 0.2) is 0 Å². The van der Waals surface area contributed by atoms with Gasteiger partial charge in [-0.05, 0) is 25.5 Å². The van der Waals surface area contributed by atoms with Crippen molar-refractivity contribution in [1.82, 2.24) is 4.90 Å². The van der Waals surface area contributed by atoms with Crippen LogP contribution in [0.1, 0.15) is 17.5 Å². The molecule has 23 heavy (non-hydrogen) atoms. The second-order valence-electron chi connectivity index (χ2n) is 5.48. The summed E-state index contributed by atoms with van der Waals surface area (Å²) < 4.78 is 37.1. The van der Waals surface area contributed by atoms with Gasteiger partial charge in [0, 0.05) is 11.4 Å². The molecule has 1 fully saturated rings. The number of aryl methyl sites for hydroxylation is 2. The molecule has 1 aliphatic heterocycles. The van der Waals surface area contributed by atoms with E-state index in [1.807, 2.05) is 26.0 Å². The Balaban J connectivity index is 2.07. The molecule has 1 saturated heterocycles. The highest BCUT2D eigenvalue weighted by Gasteiger charge is 2.40. The molecule has 0 unspecified atom stereocenters. The van der Waals surface area contributed by atoms with Gasteiger partial charge in [-0.15, -0.1) is 11.8 Å². The second-order valence-corrected chi connectivity index (χ2v) is 6.48. The van der Waals surface area contributed by atoms with Gasteiger partial charge in [-0.2, -0.15) is 13.2 Å². The van der Waals surface area contributed by atoms with Crippen molar-refractivity contribution in [3.63, 3.8) is 0 Å². The Labute approximate surface area is 136 Å². The average molecular weight is 346 g/mol. The number of nitrogens with zero attached hydrogens (tertiary/aromatic N) is 1. The molecule has 8 heteroatoms. The number of carbonyl (C=O) groups is 2. The van der Waals surface area contributed by atoms with Gasteiger partial charge in [0.25, 0.3) is 0 Å². The third-order valence-electron chi connectivity index (χ3n) is 3.50. The summed E-state index contributed by atoms with van der Waals surface area (Å²) in [5, 5.41) is 2.70. The lowest BCUT2D eigenvalue weighted by atomic mass is 10.1. The number of anilines is 1. The van der Waals surface area contributed by atoms with Crippen molar-refractivity contribution in [3.8, 4) is 0 Å². The van der Waals surface area contributed by atoms with Crippen LogP contribution in [-0.4, -0.2) is 40.6 Å². The highest BCUT2D eigenvalue weighted by Crippen LogP contribution is 2.27. The molecule has 2 rings (SSSR count). The highest BCUT2D eigenvalue weighted by atomic mass is 32.2. The molecule has 1 aromatic carbocycles. The van der Waals surface area contributed by atoms with Gasteiger partial charge >= 0.3 is 6.18 Å². The van der Waals surface area contributed by atoms with Gasteiger partial charge in [0.1, 0.15) is 12.5 Å². The van der Waals surface area contributed by atoms with E-state index in [0.29, 0.717) is 11.4 Å². The van der Waals surface area contributed by atoms with Crippen molar-refractivity contribution < 1.29 is 22.8 Å². The van der Waals surface area contributed by atoms with Gasteiger partial charge < -0.3 is 10.2 Å². The van der Waals surface area contributed by atoms with Gasteiger partial charge in [0.05, 0.1) is 5.88 Å². The monoisotopic (exact) mass is 346 g/mol. The molecule has 0 radical (unpaired) electrons. The number of halogens is 3. The molecule has 0 bridgehead atoms. The molecule has 1 atom stereocenters. The van der Waals surface area contributed by atoms with Crippen molar-refractivity contribution in [2.75, 3.05) is 16.9 Å². The van der Waals surface area contributed by atoms with E-state index in [1.54, 1.807) is 6.07 Å². The smallest absolute Gasteiger partial charge is 0.324 e. The van der Waals surface area contributed by atoms with Crippen molar-refractivity contribution in [2.24, 2.45) is 0 Å². The third kappa shape index (κ3) is 4.63. The van der Waals surface area contributed by atoms with E-state index in [0.717, 1.165) is 16.0 Å². The first kappa shape index (κ1) is 17.7. The molecule has 1 aromatic rings. The second kappa shape index (κ2) is 6.82. The number of amides is 2. The molecular weight excluding hydrogens is 329 g/mol. The SMILES string of the molecule is Cc1ccc(NC(=O)[C@@H]2CSCN2C(=O)CC(F)(F)F)c(C)c1. The van der Waals surface area contributed by atoms with Crippen molar-refractivity contribution >= 4 is 29.3 Å². The van der Waals surface area contributed by atoms with E-state index < -0.39 is 30.5 Å². The first-order valence-electron chi connectivity index (χ1n) is 6.99. The fourth-order valence-electron chi connectivity index (χ4n) is 2.35. The number of carbonyl (C=O) groups excluding carboxylic acids is 2. The number of thioether (sulfide) groups is 1. The molecule has 126 valence electrons. The number of nitrogens with one attached hydrogen (secondary N) is 1. The van der Waals surface area contributed by atoms with E-state index in [2.05, 4.69) is 5.32 Å². The molecule has 2 amide bonds. The Bertz CT molecular complexity index is 619. The van der Waals surface area contributed by atoms with Crippen molar-refractivity contribution in [1.29, 1.82) is 0 Å². The number of hydrogen-bond acceptors (Lipinski definition) is 3. The van der Waals surface area contributed by atoms with Crippen LogP contribution in [0.3, 0.4) is 0 Å². The number of alkyl halides is 3. The van der Waals surface area contributed by atoms with Crippen LogP contribution >= 0.6 is 11.8 Å². The molecular formula is C15H17F3N2O2S. The Morgan fingerprint density at radius 2 is 2.04 bits per heavy atom. The molecule has 1 N–H and O–H groups in total. The van der Waals surface area contributed by atoms with Crippen LogP contribution in [0.5, 0.6) is 0 Å². The minimum atomic E-state index is -4.57. The minimum absolute atomic E-state index is 0.0971. The maximum absolute atomic E-state index is 12.4. The maximum atomic E-state index is 12.4. The largest absolute Gasteiger partial charge is 0.397 e. The Hall–Kier alpha value is -1.70. The van der Waals surface area contributed by atoms with E-state index in [9.17, 15) is 22.8 Å². The highest BCUT2D eigenvalue weighted by molar-refractivity contribution is 7.99. The third-order valence-corrected chi connectivity index (χ3v) is 4.51. The Morgan fingerprint density at radius 1 is 1.35 bits per heavy atom. The van der Waals surface area contributed by atoms with E-state index in [-0.39, 0.29) is 5.88 Å². The molecule has 0 aromatic heterocycles. The van der Waals surface area contributed by atoms with Crippen LogP contribution in [0.15, 0.2) is 18.2 Å². The number of benzene rings is 1. The van der Waals surface area contributed by atoms with Crippen LogP contribution in [-0.2, 0) is 9.59 Å². The van der Waals surface area contributed by atoms with E-state index >= 15 is 0 Å². The zero-order valence-electron chi connectivity index (χ0n) is 12.7. The van der Waals surface area contributed by atoms with Gasteiger partial charge in [-0.3, -0.25) is 9.59 Å². The van der Waals surface area contributed by atoms with Crippen LogP contribution in [0.2, 0.25) is 0 Å². The topological polar surface area (TPSA) is 49.4 Å². The van der Waals surface area contributed by atoms with Crippen LogP contribution in [0, 0.1) is 13.8 Å². The van der Waals surface area contributed by atoms with Crippen molar-refractivity contribution in [3.05, 3.63) is 29.3 Å². The molecule has 0 aliphatic carbocycles. The summed E-state index contributed by atoms with van der Waals surface area (Å²) in [6, 6.07) is 4.59. The molecule has 0 saturated carbocycles. The Morgan fingerprint density at radius 3 is 2.65 bits per heavy atom. The number of hydrogen-bond donors (Lipinski definition) is 1. The lowest BCUT2D eigenvalue weighted by Gasteiger charge is -2.24. The zero-order chi connectivity index (χ0) is 17.2. The minimum Gasteiger partial charge on any atom is -0.324 e. The van der Waals surface area contributed by atoms with Gasteiger partial charge in [-0.1, -0.05) is 17.7 Å². The fourth-order valence-corrected chi connectivity index (χ4v) is 3.53. The van der Waals surface area contributed by atoms with Crippen LogP contribution in [0.4, 0.5) is 18.9 Å². The number of rotatable bonds is 3. The first-order valence-corrected chi connectivity index (χ1v) is 8.15. The standard InChI is InChI=1S/C15H17F3N2O2S/c1-9-3-4-11(10(2)5-9)19-14(22)12-7-23-8-20(12)13(21)6-15(16,17)18/h3-5,12H,6-8H2,1-2H3,(H,19,22)/t12-/m0/s1. The van der Waals surface area contributed by atoms with Gasteiger partial charge in [-0.25, -0.2) is 0 Å². The normalized spacial score (nSPS) is 18.1. The van der Waals surface area contributed by atoms with Crippen LogP contribution < -0.4 is 5.32 Å².